The maximum atomic E-state index is 12.8. The van der Waals surface area contributed by atoms with E-state index in [1.54, 1.807) is 0 Å². The number of nitrogens with one attached hydrogen (secondary N) is 1. The number of carbonyl (C=O) groups excluding carboxylic acids is 1. The van der Waals surface area contributed by atoms with Crippen molar-refractivity contribution in [3.63, 3.8) is 0 Å². The van der Waals surface area contributed by atoms with Gasteiger partial charge in [-0.1, -0.05) is 61.5 Å². The fourth-order valence-electron chi connectivity index (χ4n) is 3.86. The number of rotatable bonds is 6. The Morgan fingerprint density at radius 1 is 1.15 bits per heavy atom. The van der Waals surface area contributed by atoms with Crippen molar-refractivity contribution in [2.45, 2.75) is 32.7 Å². The van der Waals surface area contributed by atoms with Crippen LogP contribution in [0.2, 0.25) is 0 Å². The second-order valence-corrected chi connectivity index (χ2v) is 7.56. The Labute approximate surface area is 157 Å². The molecule has 1 heterocycles. The van der Waals surface area contributed by atoms with Gasteiger partial charge < -0.3 is 10.2 Å². The Hall–Kier alpha value is -2.13. The minimum atomic E-state index is 0.242. The molecule has 0 aliphatic carbocycles. The SMILES string of the molecule is CC(CC(=O)N(C)Cc1ccccc1-c1ccccc1)C1CCCNC1. The van der Waals surface area contributed by atoms with Crippen LogP contribution in [-0.4, -0.2) is 30.9 Å². The van der Waals surface area contributed by atoms with Gasteiger partial charge in [0.1, 0.15) is 0 Å². The van der Waals surface area contributed by atoms with Gasteiger partial charge in [-0.25, -0.2) is 0 Å². The Balaban J connectivity index is 1.64. The molecule has 0 radical (unpaired) electrons. The highest BCUT2D eigenvalue weighted by molar-refractivity contribution is 5.77. The molecule has 2 aromatic carbocycles. The molecule has 0 bridgehead atoms. The molecule has 0 spiro atoms. The van der Waals surface area contributed by atoms with Crippen molar-refractivity contribution in [1.82, 2.24) is 10.2 Å². The lowest BCUT2D eigenvalue weighted by Crippen LogP contribution is -2.36. The Bertz CT molecular complexity index is 707. The summed E-state index contributed by atoms with van der Waals surface area (Å²) in [6.45, 7) is 5.04. The molecule has 1 N–H and O–H groups in total. The molecular formula is C23H30N2O. The first-order valence-electron chi connectivity index (χ1n) is 9.73. The minimum Gasteiger partial charge on any atom is -0.341 e. The predicted molar refractivity (Wildman–Crippen MR) is 108 cm³/mol. The zero-order valence-corrected chi connectivity index (χ0v) is 15.9. The lowest BCUT2D eigenvalue weighted by atomic mass is 9.85. The van der Waals surface area contributed by atoms with Gasteiger partial charge >= 0.3 is 0 Å². The van der Waals surface area contributed by atoms with E-state index in [0.717, 1.165) is 13.1 Å². The molecule has 1 aliphatic rings. The Morgan fingerprint density at radius 3 is 2.62 bits per heavy atom. The Morgan fingerprint density at radius 2 is 1.88 bits per heavy atom. The van der Waals surface area contributed by atoms with Crippen molar-refractivity contribution in [2.24, 2.45) is 11.8 Å². The smallest absolute Gasteiger partial charge is 0.222 e. The third-order valence-electron chi connectivity index (χ3n) is 5.57. The quantitative estimate of drug-likeness (QED) is 0.840. The highest BCUT2D eigenvalue weighted by Crippen LogP contribution is 2.26. The first kappa shape index (κ1) is 18.7. The van der Waals surface area contributed by atoms with E-state index in [1.165, 1.54) is 29.5 Å². The van der Waals surface area contributed by atoms with E-state index in [4.69, 9.17) is 0 Å². The average Bonchev–Trinajstić information content (AvgIpc) is 2.69. The molecular weight excluding hydrogens is 320 g/mol. The van der Waals surface area contributed by atoms with E-state index >= 15 is 0 Å². The third kappa shape index (κ3) is 4.73. The van der Waals surface area contributed by atoms with Gasteiger partial charge in [0.25, 0.3) is 0 Å². The van der Waals surface area contributed by atoms with E-state index in [-0.39, 0.29) is 5.91 Å². The van der Waals surface area contributed by atoms with Crippen LogP contribution in [0.3, 0.4) is 0 Å². The van der Waals surface area contributed by atoms with E-state index < -0.39 is 0 Å². The number of piperidine rings is 1. The Kier molecular flexibility index (Phi) is 6.45. The van der Waals surface area contributed by atoms with E-state index in [9.17, 15) is 4.79 Å². The number of hydrogen-bond acceptors (Lipinski definition) is 2. The molecule has 0 aromatic heterocycles. The molecule has 2 aromatic rings. The van der Waals surface area contributed by atoms with Crippen molar-refractivity contribution in [3.8, 4) is 11.1 Å². The summed E-state index contributed by atoms with van der Waals surface area (Å²) in [5.41, 5.74) is 3.60. The normalized spacial score (nSPS) is 18.3. The summed E-state index contributed by atoms with van der Waals surface area (Å²) < 4.78 is 0. The van der Waals surface area contributed by atoms with Gasteiger partial charge in [0.05, 0.1) is 0 Å². The maximum absolute atomic E-state index is 12.8. The molecule has 1 aliphatic heterocycles. The predicted octanol–water partition coefficient (Wildman–Crippen LogP) is 4.34. The summed E-state index contributed by atoms with van der Waals surface area (Å²) in [6, 6.07) is 18.8. The highest BCUT2D eigenvalue weighted by atomic mass is 16.2. The first-order valence-corrected chi connectivity index (χ1v) is 9.73. The number of hydrogen-bond donors (Lipinski definition) is 1. The van der Waals surface area contributed by atoms with Gasteiger partial charge in [-0.05, 0) is 54.5 Å². The molecule has 0 saturated carbocycles. The largest absolute Gasteiger partial charge is 0.341 e. The molecule has 138 valence electrons. The topological polar surface area (TPSA) is 32.3 Å². The molecule has 2 atom stereocenters. The summed E-state index contributed by atoms with van der Waals surface area (Å²) in [5.74, 6) is 1.30. The highest BCUT2D eigenvalue weighted by Gasteiger charge is 2.23. The zero-order chi connectivity index (χ0) is 18.4. The molecule has 1 saturated heterocycles. The van der Waals surface area contributed by atoms with Crippen molar-refractivity contribution in [1.29, 1.82) is 0 Å². The maximum Gasteiger partial charge on any atom is 0.222 e. The number of nitrogens with zero attached hydrogens (tertiary/aromatic N) is 1. The van der Waals surface area contributed by atoms with Crippen LogP contribution in [0.15, 0.2) is 54.6 Å². The number of amides is 1. The van der Waals surface area contributed by atoms with Crippen LogP contribution in [0.5, 0.6) is 0 Å². The monoisotopic (exact) mass is 350 g/mol. The fourth-order valence-corrected chi connectivity index (χ4v) is 3.86. The number of benzene rings is 2. The van der Waals surface area contributed by atoms with Crippen molar-refractivity contribution < 1.29 is 4.79 Å². The summed E-state index contributed by atoms with van der Waals surface area (Å²) in [5, 5.41) is 3.46. The van der Waals surface area contributed by atoms with Gasteiger partial charge in [-0.3, -0.25) is 4.79 Å². The molecule has 1 amide bonds. The second kappa shape index (κ2) is 9.00. The van der Waals surface area contributed by atoms with Crippen molar-refractivity contribution >= 4 is 5.91 Å². The summed E-state index contributed by atoms with van der Waals surface area (Å²) >= 11 is 0. The molecule has 3 heteroatoms. The van der Waals surface area contributed by atoms with Crippen LogP contribution in [0, 0.1) is 11.8 Å². The minimum absolute atomic E-state index is 0.242. The molecule has 3 nitrogen and oxygen atoms in total. The van der Waals surface area contributed by atoms with Crippen LogP contribution < -0.4 is 5.32 Å². The molecule has 3 rings (SSSR count). The van der Waals surface area contributed by atoms with Gasteiger partial charge in [0.2, 0.25) is 5.91 Å². The van der Waals surface area contributed by atoms with Crippen LogP contribution in [0.4, 0.5) is 0 Å². The fraction of sp³-hybridized carbons (Fsp3) is 0.435. The van der Waals surface area contributed by atoms with E-state index in [1.807, 2.05) is 18.0 Å². The van der Waals surface area contributed by atoms with Crippen LogP contribution >= 0.6 is 0 Å². The second-order valence-electron chi connectivity index (χ2n) is 7.56. The van der Waals surface area contributed by atoms with Gasteiger partial charge in [0.15, 0.2) is 0 Å². The summed E-state index contributed by atoms with van der Waals surface area (Å²) in [4.78, 5) is 14.6. The van der Waals surface area contributed by atoms with E-state index in [0.29, 0.717) is 24.8 Å². The first-order chi connectivity index (χ1) is 12.6. The van der Waals surface area contributed by atoms with E-state index in [2.05, 4.69) is 60.8 Å². The van der Waals surface area contributed by atoms with Crippen LogP contribution in [-0.2, 0) is 11.3 Å². The molecule has 1 fully saturated rings. The van der Waals surface area contributed by atoms with Crippen molar-refractivity contribution in [3.05, 3.63) is 60.2 Å². The van der Waals surface area contributed by atoms with Crippen LogP contribution in [0.25, 0.3) is 11.1 Å². The molecule has 2 unspecified atom stereocenters. The summed E-state index contributed by atoms with van der Waals surface area (Å²) in [7, 11) is 1.93. The standard InChI is InChI=1S/C23H30N2O/c1-18(20-12-8-14-24-16-20)15-23(26)25(2)17-21-11-6-7-13-22(21)19-9-4-3-5-10-19/h3-7,9-11,13,18,20,24H,8,12,14-17H2,1-2H3. The lowest BCUT2D eigenvalue weighted by molar-refractivity contribution is -0.131. The number of carbonyl (C=O) groups is 1. The van der Waals surface area contributed by atoms with Crippen molar-refractivity contribution in [2.75, 3.05) is 20.1 Å². The molecule has 26 heavy (non-hydrogen) atoms. The van der Waals surface area contributed by atoms with Gasteiger partial charge in [-0.2, -0.15) is 0 Å². The lowest BCUT2D eigenvalue weighted by Gasteiger charge is -2.29. The van der Waals surface area contributed by atoms with Gasteiger partial charge in [-0.15, -0.1) is 0 Å². The third-order valence-corrected chi connectivity index (χ3v) is 5.57. The zero-order valence-electron chi connectivity index (χ0n) is 15.9. The summed E-state index contributed by atoms with van der Waals surface area (Å²) in [6.07, 6.45) is 3.10. The van der Waals surface area contributed by atoms with Gasteiger partial charge in [0, 0.05) is 20.0 Å². The van der Waals surface area contributed by atoms with Crippen LogP contribution in [0.1, 0.15) is 31.7 Å². The average molecular weight is 351 g/mol.